The van der Waals surface area contributed by atoms with Crippen LogP contribution in [0, 0.1) is 11.3 Å². The van der Waals surface area contributed by atoms with Crippen LogP contribution in [-0.2, 0) is 6.18 Å². The van der Waals surface area contributed by atoms with E-state index in [1.54, 1.807) is 0 Å². The van der Waals surface area contributed by atoms with E-state index in [9.17, 15) is 13.2 Å². The maximum absolute atomic E-state index is 12.6. The number of nitriles is 1. The lowest BCUT2D eigenvalue weighted by Crippen LogP contribution is -2.07. The molecule has 0 radical (unpaired) electrons. The van der Waals surface area contributed by atoms with Crippen molar-refractivity contribution >= 4 is 11.6 Å². The molecule has 3 rings (SSSR count). The van der Waals surface area contributed by atoms with Gasteiger partial charge < -0.3 is 0 Å². The van der Waals surface area contributed by atoms with Crippen LogP contribution >= 0.6 is 11.6 Å². The highest BCUT2D eigenvalue weighted by Gasteiger charge is 2.34. The van der Waals surface area contributed by atoms with Gasteiger partial charge in [0.05, 0.1) is 22.0 Å². The molecule has 1 aromatic carbocycles. The quantitative estimate of drug-likeness (QED) is 0.850. The van der Waals surface area contributed by atoms with Gasteiger partial charge >= 0.3 is 6.18 Å². The van der Waals surface area contributed by atoms with Crippen molar-refractivity contribution in [3.05, 3.63) is 40.2 Å². The van der Waals surface area contributed by atoms with Crippen molar-refractivity contribution in [2.75, 3.05) is 0 Å². The third-order valence-corrected chi connectivity index (χ3v) is 3.58. The third kappa shape index (κ3) is 2.47. The monoisotopic (exact) mass is 312 g/mol. The van der Waals surface area contributed by atoms with E-state index < -0.39 is 11.7 Å². The fraction of sp³-hybridized carbons (Fsp3) is 0.308. The summed E-state index contributed by atoms with van der Waals surface area (Å²) in [6.45, 7) is 0. The first-order valence-corrected chi connectivity index (χ1v) is 6.52. The number of halogens is 4. The molecule has 21 heavy (non-hydrogen) atoms. The minimum atomic E-state index is -4.46. The molecular weight excluding hydrogens is 305 g/mol. The number of hydrogen-bond acceptors (Lipinski definition) is 3. The maximum atomic E-state index is 12.6. The zero-order chi connectivity index (χ0) is 15.2. The molecule has 0 N–H and O–H groups in total. The van der Waals surface area contributed by atoms with Crippen LogP contribution in [0.5, 0.6) is 0 Å². The van der Waals surface area contributed by atoms with Gasteiger partial charge in [-0.3, -0.25) is 0 Å². The fourth-order valence-electron chi connectivity index (χ4n) is 2.12. The molecule has 0 bridgehead atoms. The highest BCUT2D eigenvalue weighted by Crippen LogP contribution is 2.42. The van der Waals surface area contributed by atoms with Crippen LogP contribution in [0.1, 0.15) is 35.7 Å². The summed E-state index contributed by atoms with van der Waals surface area (Å²) in [5, 5.41) is 16.6. The lowest BCUT2D eigenvalue weighted by molar-refractivity contribution is -0.137. The smallest absolute Gasteiger partial charge is 0.214 e. The largest absolute Gasteiger partial charge is 0.416 e. The highest BCUT2D eigenvalue weighted by atomic mass is 35.5. The van der Waals surface area contributed by atoms with Gasteiger partial charge in [0.1, 0.15) is 6.07 Å². The van der Waals surface area contributed by atoms with Crippen LogP contribution in [0.2, 0.25) is 5.02 Å². The van der Waals surface area contributed by atoms with E-state index in [4.69, 9.17) is 16.9 Å². The lowest BCUT2D eigenvalue weighted by Gasteiger charge is -2.11. The van der Waals surface area contributed by atoms with Gasteiger partial charge in [0.2, 0.25) is 0 Å². The predicted molar refractivity (Wildman–Crippen MR) is 68.1 cm³/mol. The van der Waals surface area contributed by atoms with Crippen LogP contribution in [0.4, 0.5) is 13.2 Å². The molecule has 8 heteroatoms. The Balaban J connectivity index is 2.10. The van der Waals surface area contributed by atoms with E-state index in [1.165, 1.54) is 10.7 Å². The average Bonchev–Trinajstić information content (AvgIpc) is 3.17. The molecule has 1 aliphatic carbocycles. The predicted octanol–water partition coefficient (Wildman–Crippen LogP) is 3.69. The summed E-state index contributed by atoms with van der Waals surface area (Å²) in [6, 6.07) is 4.97. The Hall–Kier alpha value is -2.07. The fourth-order valence-corrected chi connectivity index (χ4v) is 2.39. The molecule has 2 aromatic rings. The lowest BCUT2D eigenvalue weighted by atomic mass is 10.2. The first kappa shape index (κ1) is 13.9. The summed E-state index contributed by atoms with van der Waals surface area (Å²) >= 11 is 5.95. The molecule has 1 aliphatic rings. The maximum Gasteiger partial charge on any atom is 0.416 e. The number of alkyl halides is 3. The first-order chi connectivity index (χ1) is 9.91. The number of benzene rings is 1. The Morgan fingerprint density at radius 2 is 2.05 bits per heavy atom. The summed E-state index contributed by atoms with van der Waals surface area (Å²) < 4.78 is 39.3. The van der Waals surface area contributed by atoms with Crippen molar-refractivity contribution in [2.45, 2.75) is 24.9 Å². The van der Waals surface area contributed by atoms with E-state index in [0.29, 0.717) is 11.4 Å². The Bertz CT molecular complexity index is 741. The Morgan fingerprint density at radius 1 is 1.33 bits per heavy atom. The molecule has 1 aromatic heterocycles. The molecule has 0 saturated heterocycles. The summed E-state index contributed by atoms with van der Waals surface area (Å²) in [6.07, 6.45) is -2.65. The van der Waals surface area contributed by atoms with Gasteiger partial charge in [-0.2, -0.15) is 18.4 Å². The topological polar surface area (TPSA) is 54.5 Å². The Labute approximate surface area is 122 Å². The molecule has 1 fully saturated rings. The minimum absolute atomic E-state index is 0.0823. The standard InChI is InChI=1S/C13H8ClF3N4/c14-9-5-8(13(15,16)17)3-4-11(9)21-12(7-1-2-7)10(6-18)19-20-21/h3-5,7H,1-2H2. The second-order valence-electron chi connectivity index (χ2n) is 4.79. The molecule has 1 heterocycles. The zero-order valence-electron chi connectivity index (χ0n) is 10.5. The van der Waals surface area contributed by atoms with Gasteiger partial charge in [0.25, 0.3) is 0 Å². The van der Waals surface area contributed by atoms with E-state index in [1.807, 2.05) is 6.07 Å². The Kier molecular flexibility index (Phi) is 3.14. The van der Waals surface area contributed by atoms with Gasteiger partial charge in [-0.25, -0.2) is 4.68 Å². The molecule has 4 nitrogen and oxygen atoms in total. The normalized spacial score (nSPS) is 15.0. The van der Waals surface area contributed by atoms with Crippen molar-refractivity contribution in [2.24, 2.45) is 0 Å². The molecule has 0 spiro atoms. The van der Waals surface area contributed by atoms with Crippen LogP contribution in [0.25, 0.3) is 5.69 Å². The summed E-state index contributed by atoms with van der Waals surface area (Å²) in [4.78, 5) is 0. The molecule has 0 amide bonds. The number of rotatable bonds is 2. The average molecular weight is 313 g/mol. The van der Waals surface area contributed by atoms with Crippen LogP contribution in [0.3, 0.4) is 0 Å². The van der Waals surface area contributed by atoms with Crippen LogP contribution in [-0.4, -0.2) is 15.0 Å². The molecule has 0 unspecified atom stereocenters. The second-order valence-corrected chi connectivity index (χ2v) is 5.19. The van der Waals surface area contributed by atoms with Crippen LogP contribution in [0.15, 0.2) is 18.2 Å². The summed E-state index contributed by atoms with van der Waals surface area (Å²) in [7, 11) is 0. The van der Waals surface area contributed by atoms with Crippen molar-refractivity contribution in [1.82, 2.24) is 15.0 Å². The van der Waals surface area contributed by atoms with Gasteiger partial charge in [0.15, 0.2) is 5.69 Å². The summed E-state index contributed by atoms with van der Waals surface area (Å²) in [5.74, 6) is 0.160. The minimum Gasteiger partial charge on any atom is -0.214 e. The Morgan fingerprint density at radius 3 is 2.57 bits per heavy atom. The van der Waals surface area contributed by atoms with E-state index in [2.05, 4.69) is 10.3 Å². The van der Waals surface area contributed by atoms with Gasteiger partial charge in [0, 0.05) is 5.92 Å². The number of hydrogen-bond donors (Lipinski definition) is 0. The second kappa shape index (κ2) is 4.74. The van der Waals surface area contributed by atoms with Gasteiger partial charge in [-0.1, -0.05) is 16.8 Å². The molecule has 1 saturated carbocycles. The van der Waals surface area contributed by atoms with Crippen LogP contribution < -0.4 is 0 Å². The highest BCUT2D eigenvalue weighted by molar-refractivity contribution is 6.32. The van der Waals surface area contributed by atoms with Crippen molar-refractivity contribution in [1.29, 1.82) is 5.26 Å². The van der Waals surface area contributed by atoms with Crippen molar-refractivity contribution in [3.8, 4) is 11.8 Å². The first-order valence-electron chi connectivity index (χ1n) is 6.14. The van der Waals surface area contributed by atoms with E-state index in [0.717, 1.165) is 25.0 Å². The molecule has 0 aliphatic heterocycles. The van der Waals surface area contributed by atoms with Crippen molar-refractivity contribution in [3.63, 3.8) is 0 Å². The van der Waals surface area contributed by atoms with E-state index in [-0.39, 0.29) is 16.6 Å². The SMILES string of the molecule is N#Cc1nnn(-c2ccc(C(F)(F)F)cc2Cl)c1C1CC1. The molecule has 108 valence electrons. The number of aromatic nitrogens is 3. The molecular formula is C13H8ClF3N4. The number of nitrogens with zero attached hydrogens (tertiary/aromatic N) is 4. The summed E-state index contributed by atoms with van der Waals surface area (Å²) in [5.41, 5.74) is 0.262. The van der Waals surface area contributed by atoms with Gasteiger partial charge in [-0.05, 0) is 31.0 Å². The van der Waals surface area contributed by atoms with Crippen molar-refractivity contribution < 1.29 is 13.2 Å². The molecule has 0 atom stereocenters. The van der Waals surface area contributed by atoms with Gasteiger partial charge in [-0.15, -0.1) is 5.10 Å². The third-order valence-electron chi connectivity index (χ3n) is 3.28. The van der Waals surface area contributed by atoms with E-state index >= 15 is 0 Å². The zero-order valence-corrected chi connectivity index (χ0v) is 11.3.